The first kappa shape index (κ1) is 14.4. The molecule has 0 spiro atoms. The highest BCUT2D eigenvalue weighted by molar-refractivity contribution is 14.1. The summed E-state index contributed by atoms with van der Waals surface area (Å²) in [6.07, 6.45) is 0. The molecule has 19 heavy (non-hydrogen) atoms. The molecule has 4 heteroatoms. The molecular formula is C15H8Cl2IN. The lowest BCUT2D eigenvalue weighted by Gasteiger charge is -2.06. The molecule has 0 saturated heterocycles. The van der Waals surface area contributed by atoms with Crippen LogP contribution in [0.25, 0.3) is 10.6 Å². The van der Waals surface area contributed by atoms with E-state index < -0.39 is 0 Å². The van der Waals surface area contributed by atoms with Gasteiger partial charge in [-0.15, -0.1) is 0 Å². The third kappa shape index (κ3) is 3.30. The van der Waals surface area contributed by atoms with Crippen molar-refractivity contribution in [2.24, 2.45) is 0 Å². The molecule has 2 rings (SSSR count). The summed E-state index contributed by atoms with van der Waals surface area (Å²) >= 11 is 14.6. The molecule has 0 N–H and O–H groups in total. The van der Waals surface area contributed by atoms with Crippen LogP contribution in [-0.2, 0) is 0 Å². The van der Waals surface area contributed by atoms with Crippen molar-refractivity contribution in [3.63, 3.8) is 0 Å². The normalized spacial score (nSPS) is 11.7. The van der Waals surface area contributed by atoms with Crippen LogP contribution < -0.4 is 0 Å². The molecule has 0 heterocycles. The Morgan fingerprint density at radius 2 is 1.74 bits per heavy atom. The lowest BCUT2D eigenvalue weighted by atomic mass is 10.0. The van der Waals surface area contributed by atoms with Crippen LogP contribution in [0.3, 0.4) is 0 Å². The van der Waals surface area contributed by atoms with Crippen molar-refractivity contribution in [1.29, 1.82) is 5.26 Å². The number of hydrogen-bond donors (Lipinski definition) is 0. The van der Waals surface area contributed by atoms with Crippen molar-refractivity contribution >= 4 is 56.4 Å². The maximum absolute atomic E-state index is 9.31. The largest absolute Gasteiger partial charge is 0.192 e. The fourth-order valence-electron chi connectivity index (χ4n) is 1.62. The zero-order chi connectivity index (χ0) is 13.8. The van der Waals surface area contributed by atoms with Gasteiger partial charge < -0.3 is 0 Å². The third-order valence-corrected chi connectivity index (χ3v) is 4.55. The molecule has 0 amide bonds. The van der Waals surface area contributed by atoms with Crippen molar-refractivity contribution in [2.75, 3.05) is 0 Å². The van der Waals surface area contributed by atoms with Crippen LogP contribution in [0, 0.1) is 14.9 Å². The monoisotopic (exact) mass is 399 g/mol. The molecule has 0 aliphatic carbocycles. The van der Waals surface area contributed by atoms with E-state index in [4.69, 9.17) is 23.2 Å². The van der Waals surface area contributed by atoms with Gasteiger partial charge in [-0.3, -0.25) is 0 Å². The summed E-state index contributed by atoms with van der Waals surface area (Å²) in [6.45, 7) is 0. The third-order valence-electron chi connectivity index (χ3n) is 2.57. The van der Waals surface area contributed by atoms with E-state index in [0.717, 1.165) is 14.7 Å². The summed E-state index contributed by atoms with van der Waals surface area (Å²) in [4.78, 5) is 0. The van der Waals surface area contributed by atoms with Gasteiger partial charge in [-0.25, -0.2) is 0 Å². The molecule has 2 aromatic rings. The highest BCUT2D eigenvalue weighted by Gasteiger charge is 2.10. The van der Waals surface area contributed by atoms with Crippen molar-refractivity contribution in [3.05, 3.63) is 68.3 Å². The average molecular weight is 400 g/mol. The van der Waals surface area contributed by atoms with Gasteiger partial charge in [0.25, 0.3) is 0 Å². The number of halogens is 3. The van der Waals surface area contributed by atoms with E-state index in [0.29, 0.717) is 15.6 Å². The van der Waals surface area contributed by atoms with E-state index >= 15 is 0 Å². The molecule has 0 unspecified atom stereocenters. The van der Waals surface area contributed by atoms with Gasteiger partial charge in [-0.1, -0.05) is 59.6 Å². The zero-order valence-electron chi connectivity index (χ0n) is 9.70. The quantitative estimate of drug-likeness (QED) is 0.367. The summed E-state index contributed by atoms with van der Waals surface area (Å²) < 4.78 is 0.950. The molecule has 0 fully saturated rings. The Labute approximate surface area is 135 Å². The van der Waals surface area contributed by atoms with Crippen molar-refractivity contribution in [1.82, 2.24) is 0 Å². The van der Waals surface area contributed by atoms with E-state index in [1.54, 1.807) is 6.07 Å². The number of nitriles is 1. The van der Waals surface area contributed by atoms with E-state index in [1.165, 1.54) is 0 Å². The number of nitrogens with zero attached hydrogens (tertiary/aromatic N) is 1. The topological polar surface area (TPSA) is 23.8 Å². The Morgan fingerprint density at radius 1 is 1.05 bits per heavy atom. The van der Waals surface area contributed by atoms with Crippen LogP contribution >= 0.6 is 45.8 Å². The molecule has 94 valence electrons. The lowest BCUT2D eigenvalue weighted by Crippen LogP contribution is -1.87. The first-order chi connectivity index (χ1) is 9.13. The van der Waals surface area contributed by atoms with Gasteiger partial charge in [0.1, 0.15) is 6.07 Å². The van der Waals surface area contributed by atoms with Gasteiger partial charge >= 0.3 is 0 Å². The molecule has 0 atom stereocenters. The molecule has 0 aliphatic heterocycles. The first-order valence-corrected chi connectivity index (χ1v) is 7.27. The average Bonchev–Trinajstić information content (AvgIpc) is 2.44. The minimum absolute atomic E-state index is 0.409. The number of hydrogen-bond acceptors (Lipinski definition) is 1. The first-order valence-electron chi connectivity index (χ1n) is 5.44. The minimum atomic E-state index is 0.409. The number of benzene rings is 2. The molecule has 0 aromatic heterocycles. The summed E-state index contributed by atoms with van der Waals surface area (Å²) in [5, 5.41) is 10.3. The maximum Gasteiger partial charge on any atom is 0.101 e. The Balaban J connectivity index is 2.56. The SMILES string of the molecule is N#C/C(=C(/Cl)c1ccc(I)c(Cl)c1)c1ccccc1. The van der Waals surface area contributed by atoms with Crippen LogP contribution in [-0.4, -0.2) is 0 Å². The summed E-state index contributed by atoms with van der Waals surface area (Å²) in [6, 6.07) is 17.0. The summed E-state index contributed by atoms with van der Waals surface area (Å²) in [7, 11) is 0. The van der Waals surface area contributed by atoms with Gasteiger partial charge in [-0.05, 0) is 45.9 Å². The molecule has 0 bridgehead atoms. The highest BCUT2D eigenvalue weighted by atomic mass is 127. The summed E-state index contributed by atoms with van der Waals surface area (Å²) in [5.41, 5.74) is 1.98. The zero-order valence-corrected chi connectivity index (χ0v) is 13.4. The molecule has 0 aliphatic rings. The molecular weight excluding hydrogens is 392 g/mol. The van der Waals surface area contributed by atoms with Crippen molar-refractivity contribution in [3.8, 4) is 6.07 Å². The molecule has 1 nitrogen and oxygen atoms in total. The van der Waals surface area contributed by atoms with E-state index in [1.807, 2.05) is 42.5 Å². The maximum atomic E-state index is 9.31. The van der Waals surface area contributed by atoms with Gasteiger partial charge in [-0.2, -0.15) is 5.26 Å². The van der Waals surface area contributed by atoms with Crippen LogP contribution in [0.15, 0.2) is 48.5 Å². The van der Waals surface area contributed by atoms with Crippen LogP contribution in [0.4, 0.5) is 0 Å². The van der Waals surface area contributed by atoms with Gasteiger partial charge in [0, 0.05) is 3.57 Å². The minimum Gasteiger partial charge on any atom is -0.192 e. The van der Waals surface area contributed by atoms with E-state index in [9.17, 15) is 5.26 Å². The van der Waals surface area contributed by atoms with Gasteiger partial charge in [0.05, 0.1) is 15.6 Å². The van der Waals surface area contributed by atoms with Crippen LogP contribution in [0.1, 0.15) is 11.1 Å². The highest BCUT2D eigenvalue weighted by Crippen LogP contribution is 2.31. The Hall–Kier alpha value is -1.02. The predicted octanol–water partition coefficient (Wildman–Crippen LogP) is 5.58. The number of allylic oxidation sites excluding steroid dienone is 1. The lowest BCUT2D eigenvalue weighted by molar-refractivity contribution is 1.52. The van der Waals surface area contributed by atoms with Crippen LogP contribution in [0.5, 0.6) is 0 Å². The fraction of sp³-hybridized carbons (Fsp3) is 0. The molecule has 0 radical (unpaired) electrons. The summed E-state index contributed by atoms with van der Waals surface area (Å²) in [5.74, 6) is 0. The smallest absolute Gasteiger partial charge is 0.101 e. The van der Waals surface area contributed by atoms with E-state index in [2.05, 4.69) is 28.7 Å². The molecule has 2 aromatic carbocycles. The molecule has 0 saturated carbocycles. The van der Waals surface area contributed by atoms with Gasteiger partial charge in [0.15, 0.2) is 0 Å². The second-order valence-corrected chi connectivity index (χ2v) is 5.74. The Morgan fingerprint density at radius 3 is 2.32 bits per heavy atom. The number of rotatable bonds is 2. The van der Waals surface area contributed by atoms with Crippen molar-refractivity contribution in [2.45, 2.75) is 0 Å². The second-order valence-electron chi connectivity index (χ2n) is 3.80. The Kier molecular flexibility index (Phi) is 4.87. The standard InChI is InChI=1S/C15H8Cl2IN/c16-13-8-11(6-7-14(13)18)15(17)12(9-19)10-4-2-1-3-5-10/h1-8H/b15-12-. The van der Waals surface area contributed by atoms with Gasteiger partial charge in [0.2, 0.25) is 0 Å². The van der Waals surface area contributed by atoms with Crippen molar-refractivity contribution < 1.29 is 0 Å². The van der Waals surface area contributed by atoms with Crippen LogP contribution in [0.2, 0.25) is 5.02 Å². The Bertz CT molecular complexity index is 672. The second kappa shape index (κ2) is 6.42. The van der Waals surface area contributed by atoms with E-state index in [-0.39, 0.29) is 0 Å². The predicted molar refractivity (Wildman–Crippen MR) is 88.9 cm³/mol. The fourth-order valence-corrected chi connectivity index (χ4v) is 2.41.